The lowest BCUT2D eigenvalue weighted by Gasteiger charge is -2.15. The Labute approximate surface area is 219 Å². The normalized spacial score (nSPS) is 11.0. The first-order valence-electron chi connectivity index (χ1n) is 12.6. The van der Waals surface area contributed by atoms with E-state index in [0.717, 1.165) is 47.2 Å². The van der Waals surface area contributed by atoms with E-state index in [1.54, 1.807) is 10.6 Å². The third-order valence-corrected chi connectivity index (χ3v) is 6.63. The summed E-state index contributed by atoms with van der Waals surface area (Å²) in [5.74, 6) is 1.60. The largest absolute Gasteiger partial charge is 0.466 e. The molecule has 0 amide bonds. The van der Waals surface area contributed by atoms with Gasteiger partial charge in [0.05, 0.1) is 24.1 Å². The number of tetrazole rings is 1. The second-order valence-corrected chi connectivity index (χ2v) is 9.10. The first-order chi connectivity index (χ1) is 18.6. The highest BCUT2D eigenvalue weighted by Crippen LogP contribution is 2.30. The highest BCUT2D eigenvalue weighted by atomic mass is 16.3. The van der Waals surface area contributed by atoms with Gasteiger partial charge in [-0.3, -0.25) is 9.36 Å². The van der Waals surface area contributed by atoms with Crippen molar-refractivity contribution in [1.29, 1.82) is 5.26 Å². The molecule has 3 heterocycles. The number of hydrogen-bond acceptors (Lipinski definition) is 7. The zero-order chi connectivity index (χ0) is 26.5. The van der Waals surface area contributed by atoms with Gasteiger partial charge in [-0.15, -0.1) is 10.2 Å². The Morgan fingerprint density at radius 2 is 1.87 bits per heavy atom. The van der Waals surface area contributed by atoms with Crippen molar-refractivity contribution in [2.24, 2.45) is 0 Å². The van der Waals surface area contributed by atoms with Gasteiger partial charge < -0.3 is 4.42 Å². The zero-order valence-corrected chi connectivity index (χ0v) is 21.3. The fraction of sp³-hybridized carbons (Fsp3) is 0.241. The Kier molecular flexibility index (Phi) is 7.22. The number of hydrogen-bond donors (Lipinski definition) is 1. The molecule has 9 heteroatoms. The molecule has 0 aliphatic rings. The fourth-order valence-electron chi connectivity index (χ4n) is 4.59. The predicted molar refractivity (Wildman–Crippen MR) is 142 cm³/mol. The van der Waals surface area contributed by atoms with Crippen molar-refractivity contribution >= 4 is 0 Å². The van der Waals surface area contributed by atoms with Crippen LogP contribution in [0.15, 0.2) is 70.1 Å². The van der Waals surface area contributed by atoms with E-state index in [0.29, 0.717) is 35.0 Å². The molecular weight excluding hydrogens is 478 g/mol. The van der Waals surface area contributed by atoms with Crippen molar-refractivity contribution < 1.29 is 4.42 Å². The number of rotatable bonds is 9. The number of unbranched alkanes of at least 4 members (excludes halogenated alkanes) is 1. The Morgan fingerprint density at radius 3 is 2.58 bits per heavy atom. The number of aryl methyl sites for hydroxylation is 2. The van der Waals surface area contributed by atoms with Gasteiger partial charge in [0, 0.05) is 17.5 Å². The Morgan fingerprint density at radius 1 is 1.08 bits per heavy atom. The number of benzene rings is 2. The molecule has 0 unspecified atom stereocenters. The van der Waals surface area contributed by atoms with Crippen LogP contribution < -0.4 is 5.56 Å². The minimum absolute atomic E-state index is 0.101. The van der Waals surface area contributed by atoms with Crippen LogP contribution in [-0.2, 0) is 19.4 Å². The molecule has 0 saturated carbocycles. The van der Waals surface area contributed by atoms with Crippen LogP contribution in [0.25, 0.3) is 22.5 Å². The third kappa shape index (κ3) is 5.02. The monoisotopic (exact) mass is 505 g/mol. The van der Waals surface area contributed by atoms with E-state index >= 15 is 0 Å². The molecule has 38 heavy (non-hydrogen) atoms. The van der Waals surface area contributed by atoms with E-state index in [9.17, 15) is 10.1 Å². The van der Waals surface area contributed by atoms with Gasteiger partial charge in [-0.25, -0.2) is 4.98 Å². The van der Waals surface area contributed by atoms with Crippen LogP contribution >= 0.6 is 0 Å². The molecule has 0 aliphatic heterocycles. The van der Waals surface area contributed by atoms with E-state index in [1.807, 2.05) is 55.5 Å². The average Bonchev–Trinajstić information content (AvgIpc) is 3.64. The van der Waals surface area contributed by atoms with Gasteiger partial charge in [0.25, 0.3) is 5.56 Å². The molecule has 0 spiro atoms. The number of furan rings is 1. The molecule has 0 radical (unpaired) electrons. The molecule has 1 N–H and O–H groups in total. The van der Waals surface area contributed by atoms with Gasteiger partial charge >= 0.3 is 0 Å². The second-order valence-electron chi connectivity index (χ2n) is 9.10. The van der Waals surface area contributed by atoms with E-state index < -0.39 is 0 Å². The van der Waals surface area contributed by atoms with Gasteiger partial charge in [-0.2, -0.15) is 10.5 Å². The van der Waals surface area contributed by atoms with Crippen molar-refractivity contribution in [3.05, 3.63) is 105 Å². The highest BCUT2D eigenvalue weighted by Gasteiger charge is 2.18. The smallest absolute Gasteiger partial charge is 0.257 e. The molecule has 0 fully saturated rings. The maximum atomic E-state index is 13.7. The number of nitrogens with zero attached hydrogens (tertiary/aromatic N) is 6. The molecule has 0 bridgehead atoms. The van der Waals surface area contributed by atoms with Crippen molar-refractivity contribution in [2.75, 3.05) is 0 Å². The molecule has 190 valence electrons. The topological polar surface area (TPSA) is 126 Å². The Bertz CT molecular complexity index is 1640. The minimum atomic E-state index is -0.101. The molecule has 0 atom stereocenters. The molecule has 5 rings (SSSR count). The van der Waals surface area contributed by atoms with Gasteiger partial charge in [-0.1, -0.05) is 61.9 Å². The summed E-state index contributed by atoms with van der Waals surface area (Å²) in [5, 5.41) is 23.8. The average molecular weight is 506 g/mol. The summed E-state index contributed by atoms with van der Waals surface area (Å²) >= 11 is 0. The number of aromatic amines is 1. The lowest BCUT2D eigenvalue weighted by Crippen LogP contribution is -2.30. The van der Waals surface area contributed by atoms with Crippen molar-refractivity contribution in [3.63, 3.8) is 0 Å². The van der Waals surface area contributed by atoms with Crippen LogP contribution in [0.1, 0.15) is 53.7 Å². The number of nitriles is 1. The first kappa shape index (κ1) is 24.8. The minimum Gasteiger partial charge on any atom is -0.466 e. The Balaban J connectivity index is 1.49. The van der Waals surface area contributed by atoms with Crippen LogP contribution in [0, 0.1) is 18.3 Å². The third-order valence-electron chi connectivity index (χ3n) is 6.63. The lowest BCUT2D eigenvalue weighted by molar-refractivity contribution is 0.481. The predicted octanol–water partition coefficient (Wildman–Crippen LogP) is 4.85. The summed E-state index contributed by atoms with van der Waals surface area (Å²) < 4.78 is 7.09. The second kappa shape index (κ2) is 11.0. The van der Waals surface area contributed by atoms with E-state index in [4.69, 9.17) is 9.40 Å². The molecule has 5 aromatic rings. The van der Waals surface area contributed by atoms with E-state index in [-0.39, 0.29) is 12.1 Å². The van der Waals surface area contributed by atoms with Crippen molar-refractivity contribution in [1.82, 2.24) is 30.2 Å². The summed E-state index contributed by atoms with van der Waals surface area (Å²) in [6.07, 6.45) is 4.63. The van der Waals surface area contributed by atoms with Gasteiger partial charge in [0.2, 0.25) is 5.82 Å². The van der Waals surface area contributed by atoms with Crippen LogP contribution in [0.2, 0.25) is 0 Å². The summed E-state index contributed by atoms with van der Waals surface area (Å²) in [7, 11) is 0. The van der Waals surface area contributed by atoms with Crippen LogP contribution in [-0.4, -0.2) is 30.2 Å². The number of nitrogens with one attached hydrogen (secondary N) is 1. The summed E-state index contributed by atoms with van der Waals surface area (Å²) in [4.78, 5) is 18.6. The number of aromatic nitrogens is 6. The van der Waals surface area contributed by atoms with Gasteiger partial charge in [0.1, 0.15) is 17.7 Å². The first-order valence-corrected chi connectivity index (χ1v) is 12.6. The maximum absolute atomic E-state index is 13.7. The zero-order valence-electron chi connectivity index (χ0n) is 21.3. The van der Waals surface area contributed by atoms with E-state index in [1.165, 1.54) is 6.26 Å². The highest BCUT2D eigenvalue weighted by molar-refractivity contribution is 5.80. The summed E-state index contributed by atoms with van der Waals surface area (Å²) in [6.45, 7) is 4.12. The van der Waals surface area contributed by atoms with Crippen LogP contribution in [0.5, 0.6) is 0 Å². The van der Waals surface area contributed by atoms with Crippen molar-refractivity contribution in [3.8, 4) is 28.6 Å². The van der Waals surface area contributed by atoms with Gasteiger partial charge in [-0.05, 0) is 47.7 Å². The molecule has 3 aromatic heterocycles. The number of H-pyrrole nitrogens is 1. The molecule has 2 aromatic carbocycles. The molecule has 0 aliphatic carbocycles. The van der Waals surface area contributed by atoms with Crippen LogP contribution in [0.4, 0.5) is 0 Å². The quantitative estimate of drug-likeness (QED) is 0.303. The molecule has 9 nitrogen and oxygen atoms in total. The van der Waals surface area contributed by atoms with Crippen molar-refractivity contribution in [2.45, 2.75) is 46.1 Å². The van der Waals surface area contributed by atoms with Crippen LogP contribution in [0.3, 0.4) is 0 Å². The lowest BCUT2D eigenvalue weighted by atomic mass is 9.96. The summed E-state index contributed by atoms with van der Waals surface area (Å²) in [6, 6.07) is 19.8. The van der Waals surface area contributed by atoms with Gasteiger partial charge in [0.15, 0.2) is 0 Å². The standard InChI is InChI=1S/C29H27N7O2/c1-3-4-9-26-25(29(37)36(19(2)31-26)18-27-22(17-30)14-15-38-27)16-20-10-12-21(13-11-20)23-7-5-6-8-24(23)28-32-34-35-33-28/h5-8,10-15H,3-4,9,16,18H2,1-2H3,(H,32,33,34,35). The Hall–Kier alpha value is -4.84. The fourth-order valence-corrected chi connectivity index (χ4v) is 4.59. The maximum Gasteiger partial charge on any atom is 0.257 e. The molecule has 0 saturated heterocycles. The van der Waals surface area contributed by atoms with E-state index in [2.05, 4.69) is 33.6 Å². The SMILES string of the molecule is CCCCc1nc(C)n(Cc2occc2C#N)c(=O)c1Cc1ccc(-c2ccccc2-c2nn[nH]n2)cc1. The summed E-state index contributed by atoms with van der Waals surface area (Å²) in [5.41, 5.74) is 5.73. The molecular formula is C29H27N7O2.